The molecule has 0 spiro atoms. The van der Waals surface area contributed by atoms with Crippen LogP contribution in [0.15, 0.2) is 30.5 Å². The fourth-order valence-electron chi connectivity index (χ4n) is 1.30. The molecular formula is C10H9NO2. The largest absolute Gasteiger partial charge is 0.508 e. The first-order chi connectivity index (χ1) is 6.31. The predicted octanol–water partition coefficient (Wildman–Crippen LogP) is 1.95. The Morgan fingerprint density at radius 1 is 1.38 bits per heavy atom. The van der Waals surface area contributed by atoms with Crippen molar-refractivity contribution < 1.29 is 9.84 Å². The molecule has 0 aliphatic rings. The Balaban J connectivity index is 2.81. The average molecular weight is 175 g/mol. The lowest BCUT2D eigenvalue weighted by molar-refractivity contribution is 0.412. The quantitative estimate of drug-likeness (QED) is 0.720. The van der Waals surface area contributed by atoms with Gasteiger partial charge < -0.3 is 9.84 Å². The van der Waals surface area contributed by atoms with Gasteiger partial charge in [-0.2, -0.15) is 0 Å². The summed E-state index contributed by atoms with van der Waals surface area (Å²) in [5.74, 6) is 0.785. The van der Waals surface area contributed by atoms with Crippen molar-refractivity contribution in [1.29, 1.82) is 0 Å². The number of rotatable bonds is 1. The molecule has 66 valence electrons. The Morgan fingerprint density at radius 3 is 3.00 bits per heavy atom. The van der Waals surface area contributed by atoms with Gasteiger partial charge in [-0.1, -0.05) is 6.07 Å². The van der Waals surface area contributed by atoms with Gasteiger partial charge in [-0.25, -0.2) is 0 Å². The first-order valence-corrected chi connectivity index (χ1v) is 3.93. The minimum atomic E-state index is 0.192. The molecular weight excluding hydrogens is 166 g/mol. The lowest BCUT2D eigenvalue weighted by Gasteiger charge is -2.04. The van der Waals surface area contributed by atoms with Gasteiger partial charge in [0.15, 0.2) is 0 Å². The molecule has 13 heavy (non-hydrogen) atoms. The van der Waals surface area contributed by atoms with Gasteiger partial charge in [-0.15, -0.1) is 0 Å². The fraction of sp³-hybridized carbons (Fsp3) is 0.100. The zero-order valence-electron chi connectivity index (χ0n) is 7.19. The summed E-state index contributed by atoms with van der Waals surface area (Å²) in [7, 11) is 1.56. The number of methoxy groups -OCH3 is 1. The predicted molar refractivity (Wildman–Crippen MR) is 50.0 cm³/mol. The Labute approximate surface area is 75.6 Å². The number of fused-ring (bicyclic) bond motifs is 1. The van der Waals surface area contributed by atoms with Gasteiger partial charge >= 0.3 is 0 Å². The highest BCUT2D eigenvalue weighted by Gasteiger charge is 2.03. The smallest absolute Gasteiger partial charge is 0.148 e. The number of phenols is 1. The number of hydrogen-bond acceptors (Lipinski definition) is 3. The minimum Gasteiger partial charge on any atom is -0.508 e. The van der Waals surface area contributed by atoms with Crippen LogP contribution in [-0.4, -0.2) is 17.2 Å². The molecule has 0 atom stereocenters. The van der Waals surface area contributed by atoms with Gasteiger partial charge in [0.05, 0.1) is 7.11 Å². The first kappa shape index (κ1) is 7.86. The topological polar surface area (TPSA) is 42.4 Å². The van der Waals surface area contributed by atoms with Crippen molar-refractivity contribution in [3.63, 3.8) is 0 Å². The van der Waals surface area contributed by atoms with Crippen LogP contribution < -0.4 is 4.74 Å². The molecule has 0 unspecified atom stereocenters. The van der Waals surface area contributed by atoms with Gasteiger partial charge in [0, 0.05) is 17.6 Å². The van der Waals surface area contributed by atoms with Gasteiger partial charge in [0.25, 0.3) is 0 Å². The minimum absolute atomic E-state index is 0.192. The number of phenolic OH excluding ortho intramolecular Hbond substituents is 1. The monoisotopic (exact) mass is 175 g/mol. The van der Waals surface area contributed by atoms with Crippen molar-refractivity contribution in [1.82, 2.24) is 4.98 Å². The summed E-state index contributed by atoms with van der Waals surface area (Å²) in [5, 5.41) is 10.2. The maximum Gasteiger partial charge on any atom is 0.148 e. The lowest BCUT2D eigenvalue weighted by Crippen LogP contribution is -1.86. The molecule has 0 saturated carbocycles. The Bertz CT molecular complexity index is 440. The number of benzene rings is 1. The normalized spacial score (nSPS) is 10.2. The number of pyridine rings is 1. The Morgan fingerprint density at radius 2 is 2.23 bits per heavy atom. The molecule has 0 fully saturated rings. The number of aromatic hydroxyl groups is 1. The van der Waals surface area contributed by atoms with Gasteiger partial charge in [-0.3, -0.25) is 4.98 Å². The maximum absolute atomic E-state index is 9.33. The third-order valence-corrected chi connectivity index (χ3v) is 1.87. The molecule has 2 aromatic rings. The van der Waals surface area contributed by atoms with E-state index in [4.69, 9.17) is 4.74 Å². The molecule has 0 radical (unpaired) electrons. The van der Waals surface area contributed by atoms with Crippen LogP contribution in [0.1, 0.15) is 0 Å². The molecule has 2 rings (SSSR count). The number of aromatic nitrogens is 1. The highest BCUT2D eigenvalue weighted by Crippen LogP contribution is 2.28. The van der Waals surface area contributed by atoms with E-state index in [1.165, 1.54) is 0 Å². The molecule has 0 saturated heterocycles. The van der Waals surface area contributed by atoms with Gasteiger partial charge in [-0.05, 0) is 12.1 Å². The molecule has 0 aliphatic carbocycles. The number of hydrogen-bond donors (Lipinski definition) is 1. The van der Waals surface area contributed by atoms with Crippen molar-refractivity contribution in [2.24, 2.45) is 0 Å². The number of nitrogens with zero attached hydrogens (tertiary/aromatic N) is 1. The van der Waals surface area contributed by atoms with Crippen LogP contribution in [-0.2, 0) is 0 Å². The van der Waals surface area contributed by atoms with E-state index in [0.717, 1.165) is 10.9 Å². The van der Waals surface area contributed by atoms with Gasteiger partial charge in [0.1, 0.15) is 17.0 Å². The lowest BCUT2D eigenvalue weighted by atomic mass is 10.2. The zero-order valence-corrected chi connectivity index (χ0v) is 7.19. The van der Waals surface area contributed by atoms with E-state index >= 15 is 0 Å². The van der Waals surface area contributed by atoms with Crippen molar-refractivity contribution >= 4 is 10.9 Å². The Kier molecular flexibility index (Phi) is 1.77. The molecule has 1 heterocycles. The standard InChI is InChI=1S/C10H9NO2/c1-13-9-6-8(12)5-7-3-2-4-11-10(7)9/h2-6,12H,1H3. The second-order valence-electron chi connectivity index (χ2n) is 2.72. The molecule has 1 aromatic carbocycles. The summed E-state index contributed by atoms with van der Waals surface area (Å²) in [4.78, 5) is 4.16. The molecule has 3 nitrogen and oxygen atoms in total. The van der Waals surface area contributed by atoms with Crippen LogP contribution in [0.25, 0.3) is 10.9 Å². The molecule has 1 N–H and O–H groups in total. The molecule has 1 aromatic heterocycles. The van der Waals surface area contributed by atoms with Crippen molar-refractivity contribution in [3.05, 3.63) is 30.5 Å². The summed E-state index contributed by atoms with van der Waals surface area (Å²) < 4.78 is 5.09. The fourth-order valence-corrected chi connectivity index (χ4v) is 1.30. The van der Waals surface area contributed by atoms with E-state index in [0.29, 0.717) is 5.75 Å². The van der Waals surface area contributed by atoms with Crippen LogP contribution in [0.4, 0.5) is 0 Å². The van der Waals surface area contributed by atoms with Crippen molar-refractivity contribution in [2.45, 2.75) is 0 Å². The van der Waals surface area contributed by atoms with E-state index < -0.39 is 0 Å². The average Bonchev–Trinajstić information content (AvgIpc) is 2.16. The summed E-state index contributed by atoms with van der Waals surface area (Å²) >= 11 is 0. The highest BCUT2D eigenvalue weighted by atomic mass is 16.5. The summed E-state index contributed by atoms with van der Waals surface area (Å²) in [6.07, 6.45) is 1.70. The SMILES string of the molecule is COc1cc(O)cc2cccnc12. The zero-order chi connectivity index (χ0) is 9.26. The third kappa shape index (κ3) is 1.28. The van der Waals surface area contributed by atoms with E-state index in [1.807, 2.05) is 12.1 Å². The third-order valence-electron chi connectivity index (χ3n) is 1.87. The van der Waals surface area contributed by atoms with E-state index in [1.54, 1.807) is 25.4 Å². The van der Waals surface area contributed by atoms with E-state index in [2.05, 4.69) is 4.98 Å². The second-order valence-corrected chi connectivity index (χ2v) is 2.72. The van der Waals surface area contributed by atoms with Crippen LogP contribution >= 0.6 is 0 Å². The van der Waals surface area contributed by atoms with Crippen molar-refractivity contribution in [3.8, 4) is 11.5 Å². The summed E-state index contributed by atoms with van der Waals surface area (Å²) in [5.41, 5.74) is 0.766. The highest BCUT2D eigenvalue weighted by molar-refractivity contribution is 5.85. The second kappa shape index (κ2) is 2.94. The summed E-state index contributed by atoms with van der Waals surface area (Å²) in [6.45, 7) is 0. The Hall–Kier alpha value is -1.77. The summed E-state index contributed by atoms with van der Waals surface area (Å²) in [6, 6.07) is 6.91. The molecule has 0 aliphatic heterocycles. The van der Waals surface area contributed by atoms with Crippen LogP contribution in [0, 0.1) is 0 Å². The van der Waals surface area contributed by atoms with E-state index in [9.17, 15) is 5.11 Å². The number of ether oxygens (including phenoxy) is 1. The van der Waals surface area contributed by atoms with Crippen LogP contribution in [0.5, 0.6) is 11.5 Å². The van der Waals surface area contributed by atoms with Crippen LogP contribution in [0.3, 0.4) is 0 Å². The first-order valence-electron chi connectivity index (χ1n) is 3.93. The van der Waals surface area contributed by atoms with Crippen LogP contribution in [0.2, 0.25) is 0 Å². The maximum atomic E-state index is 9.33. The van der Waals surface area contributed by atoms with Crippen molar-refractivity contribution in [2.75, 3.05) is 7.11 Å². The molecule has 0 amide bonds. The molecule has 3 heteroatoms. The molecule has 0 bridgehead atoms. The van der Waals surface area contributed by atoms with Gasteiger partial charge in [0.2, 0.25) is 0 Å². The van der Waals surface area contributed by atoms with E-state index in [-0.39, 0.29) is 5.75 Å².